The molecule has 0 bridgehead atoms. The van der Waals surface area contributed by atoms with Crippen molar-refractivity contribution in [2.45, 2.75) is 45.6 Å². The van der Waals surface area contributed by atoms with E-state index in [0.717, 1.165) is 24.9 Å². The number of hydrogen-bond acceptors (Lipinski definition) is 3. The summed E-state index contributed by atoms with van der Waals surface area (Å²) in [6, 6.07) is 0.361. The van der Waals surface area contributed by atoms with Crippen molar-refractivity contribution < 1.29 is 4.74 Å². The summed E-state index contributed by atoms with van der Waals surface area (Å²) < 4.78 is 5.23. The van der Waals surface area contributed by atoms with Crippen molar-refractivity contribution in [3.63, 3.8) is 0 Å². The molecule has 0 spiro atoms. The predicted octanol–water partition coefficient (Wildman–Crippen LogP) is 2.11. The molecule has 3 nitrogen and oxygen atoms in total. The Morgan fingerprint density at radius 1 is 1.35 bits per heavy atom. The Morgan fingerprint density at radius 3 is 2.76 bits per heavy atom. The van der Waals surface area contributed by atoms with Gasteiger partial charge in [-0.25, -0.2) is 0 Å². The fourth-order valence-electron chi connectivity index (χ4n) is 2.77. The van der Waals surface area contributed by atoms with Crippen LogP contribution in [0.3, 0.4) is 0 Å². The van der Waals surface area contributed by atoms with Crippen molar-refractivity contribution in [3.05, 3.63) is 0 Å². The molecule has 3 atom stereocenters. The number of methoxy groups -OCH3 is 1. The minimum absolute atomic E-state index is 0.361. The quantitative estimate of drug-likeness (QED) is 0.708. The summed E-state index contributed by atoms with van der Waals surface area (Å²) in [4.78, 5) is 2.60. The summed E-state index contributed by atoms with van der Waals surface area (Å²) in [5.41, 5.74) is 5.77. The van der Waals surface area contributed by atoms with E-state index in [1.807, 2.05) is 0 Å². The van der Waals surface area contributed by atoms with E-state index in [1.54, 1.807) is 7.11 Å². The topological polar surface area (TPSA) is 38.5 Å². The lowest BCUT2D eigenvalue weighted by molar-refractivity contribution is 0.151. The zero-order valence-corrected chi connectivity index (χ0v) is 11.8. The molecule has 0 aromatic heterocycles. The van der Waals surface area contributed by atoms with Gasteiger partial charge in [-0.15, -0.1) is 0 Å². The first-order valence-corrected chi connectivity index (χ1v) is 7.08. The van der Waals surface area contributed by atoms with Crippen LogP contribution in [0.25, 0.3) is 0 Å². The lowest BCUT2D eigenvalue weighted by Crippen LogP contribution is -2.27. The molecule has 2 N–H and O–H groups in total. The molecule has 1 aliphatic rings. The first kappa shape index (κ1) is 14.9. The lowest BCUT2D eigenvalue weighted by Gasteiger charge is -2.21. The largest absolute Gasteiger partial charge is 0.384 e. The van der Waals surface area contributed by atoms with Crippen molar-refractivity contribution in [3.8, 4) is 0 Å². The number of nitrogens with two attached hydrogens (primary N) is 1. The summed E-state index contributed by atoms with van der Waals surface area (Å²) in [6.07, 6.45) is 5.05. The molecule has 0 saturated carbocycles. The van der Waals surface area contributed by atoms with Crippen LogP contribution in [-0.2, 0) is 4.74 Å². The maximum Gasteiger partial charge on any atom is 0.0503 e. The molecule has 1 saturated heterocycles. The molecule has 3 heteroatoms. The molecule has 1 heterocycles. The summed E-state index contributed by atoms with van der Waals surface area (Å²) in [7, 11) is 1.80. The van der Waals surface area contributed by atoms with Gasteiger partial charge < -0.3 is 15.4 Å². The highest BCUT2D eigenvalue weighted by atomic mass is 16.5. The summed E-state index contributed by atoms with van der Waals surface area (Å²) >= 11 is 0. The maximum atomic E-state index is 5.77. The van der Waals surface area contributed by atoms with E-state index in [-0.39, 0.29) is 0 Å². The molecule has 17 heavy (non-hydrogen) atoms. The molecule has 3 unspecified atom stereocenters. The third kappa shape index (κ3) is 6.39. The van der Waals surface area contributed by atoms with Crippen LogP contribution in [0.15, 0.2) is 0 Å². The second-order valence-electron chi connectivity index (χ2n) is 5.88. The maximum absolute atomic E-state index is 5.77. The number of nitrogens with zero attached hydrogens (tertiary/aromatic N) is 1. The van der Waals surface area contributed by atoms with Gasteiger partial charge in [-0.3, -0.25) is 0 Å². The van der Waals surface area contributed by atoms with E-state index >= 15 is 0 Å². The van der Waals surface area contributed by atoms with Crippen LogP contribution in [0.5, 0.6) is 0 Å². The van der Waals surface area contributed by atoms with Gasteiger partial charge in [-0.2, -0.15) is 0 Å². The van der Waals surface area contributed by atoms with Crippen molar-refractivity contribution in [2.75, 3.05) is 33.4 Å². The molecule has 0 radical (unpaired) electrons. The van der Waals surface area contributed by atoms with E-state index in [1.165, 1.54) is 38.9 Å². The van der Waals surface area contributed by atoms with E-state index in [2.05, 4.69) is 18.7 Å². The Labute approximate surface area is 107 Å². The highest BCUT2D eigenvalue weighted by Crippen LogP contribution is 2.19. The van der Waals surface area contributed by atoms with Gasteiger partial charge in [0.15, 0.2) is 0 Å². The molecular formula is C14H30N2O. The number of ether oxygens (including phenoxy) is 1. The fourth-order valence-corrected chi connectivity index (χ4v) is 2.77. The molecule has 0 aliphatic carbocycles. The second kappa shape index (κ2) is 8.06. The third-order valence-corrected chi connectivity index (χ3v) is 3.70. The lowest BCUT2D eigenvalue weighted by atomic mass is 10.0. The van der Waals surface area contributed by atoms with Crippen LogP contribution >= 0.6 is 0 Å². The van der Waals surface area contributed by atoms with Crippen molar-refractivity contribution in [1.29, 1.82) is 0 Å². The standard InChI is InChI=1S/C14H30N2O/c1-12(5-4-6-13(2)15)9-16-8-7-14(10-16)11-17-3/h12-14H,4-11,15H2,1-3H3. The Morgan fingerprint density at radius 2 is 2.12 bits per heavy atom. The Bertz CT molecular complexity index is 197. The van der Waals surface area contributed by atoms with Crippen LogP contribution in [0.2, 0.25) is 0 Å². The van der Waals surface area contributed by atoms with Crippen LogP contribution in [0, 0.1) is 11.8 Å². The molecule has 0 amide bonds. The summed E-state index contributed by atoms with van der Waals surface area (Å²) in [6.45, 7) is 9.12. The van der Waals surface area contributed by atoms with Gasteiger partial charge in [0.25, 0.3) is 0 Å². The van der Waals surface area contributed by atoms with Crippen molar-refractivity contribution in [2.24, 2.45) is 17.6 Å². The molecule has 1 aliphatic heterocycles. The third-order valence-electron chi connectivity index (χ3n) is 3.70. The van der Waals surface area contributed by atoms with Gasteiger partial charge in [0.2, 0.25) is 0 Å². The molecule has 0 aromatic carbocycles. The van der Waals surface area contributed by atoms with Gasteiger partial charge in [0.1, 0.15) is 0 Å². The van der Waals surface area contributed by atoms with E-state index in [4.69, 9.17) is 10.5 Å². The van der Waals surface area contributed by atoms with E-state index < -0.39 is 0 Å². The SMILES string of the molecule is COCC1CCN(CC(C)CCCC(C)N)C1. The minimum atomic E-state index is 0.361. The zero-order chi connectivity index (χ0) is 12.7. The normalized spacial score (nSPS) is 25.1. The average molecular weight is 242 g/mol. The molecule has 1 rings (SSSR count). The van der Waals surface area contributed by atoms with Crippen LogP contribution in [-0.4, -0.2) is 44.3 Å². The van der Waals surface area contributed by atoms with Crippen molar-refractivity contribution in [1.82, 2.24) is 4.90 Å². The second-order valence-corrected chi connectivity index (χ2v) is 5.88. The number of hydrogen-bond donors (Lipinski definition) is 1. The van der Waals surface area contributed by atoms with Crippen molar-refractivity contribution >= 4 is 0 Å². The van der Waals surface area contributed by atoms with Gasteiger partial charge in [0.05, 0.1) is 6.61 Å². The Balaban J connectivity index is 2.08. The molecule has 102 valence electrons. The Hall–Kier alpha value is -0.120. The first-order chi connectivity index (χ1) is 8.11. The number of likely N-dealkylation sites (tertiary alicyclic amines) is 1. The van der Waals surface area contributed by atoms with Gasteiger partial charge >= 0.3 is 0 Å². The monoisotopic (exact) mass is 242 g/mol. The molecule has 0 aromatic rings. The summed E-state index contributed by atoms with van der Waals surface area (Å²) in [5, 5.41) is 0. The zero-order valence-electron chi connectivity index (χ0n) is 11.8. The highest BCUT2D eigenvalue weighted by molar-refractivity contribution is 4.76. The average Bonchev–Trinajstić information content (AvgIpc) is 2.65. The number of rotatable bonds is 8. The first-order valence-electron chi connectivity index (χ1n) is 7.08. The van der Waals surface area contributed by atoms with Crippen LogP contribution in [0.4, 0.5) is 0 Å². The van der Waals surface area contributed by atoms with Crippen LogP contribution in [0.1, 0.15) is 39.5 Å². The predicted molar refractivity (Wildman–Crippen MR) is 73.1 cm³/mol. The van der Waals surface area contributed by atoms with E-state index in [0.29, 0.717) is 6.04 Å². The van der Waals surface area contributed by atoms with E-state index in [9.17, 15) is 0 Å². The minimum Gasteiger partial charge on any atom is -0.384 e. The smallest absolute Gasteiger partial charge is 0.0503 e. The molecular weight excluding hydrogens is 212 g/mol. The van der Waals surface area contributed by atoms with Gasteiger partial charge in [0, 0.05) is 26.2 Å². The fraction of sp³-hybridized carbons (Fsp3) is 1.00. The van der Waals surface area contributed by atoms with Crippen LogP contribution < -0.4 is 5.73 Å². The molecule has 1 fully saturated rings. The Kier molecular flexibility index (Phi) is 7.09. The summed E-state index contributed by atoms with van der Waals surface area (Å²) in [5.74, 6) is 1.56. The highest BCUT2D eigenvalue weighted by Gasteiger charge is 2.23. The van der Waals surface area contributed by atoms with Gasteiger partial charge in [-0.1, -0.05) is 13.3 Å². The van der Waals surface area contributed by atoms with Gasteiger partial charge in [-0.05, 0) is 44.6 Å².